The van der Waals surface area contributed by atoms with Crippen LogP contribution in [0, 0.1) is 5.92 Å². The number of carbonyl (C=O) groups is 2. The molecule has 2 rings (SSSR count). The van der Waals surface area contributed by atoms with E-state index in [1.165, 1.54) is 69.5 Å². The van der Waals surface area contributed by atoms with E-state index < -0.39 is 0 Å². The first-order chi connectivity index (χ1) is 13.1. The lowest BCUT2D eigenvalue weighted by Crippen LogP contribution is -2.43. The number of rotatable bonds is 9. The third-order valence-electron chi connectivity index (χ3n) is 5.92. The van der Waals surface area contributed by atoms with Gasteiger partial charge in [-0.15, -0.1) is 0 Å². The normalized spacial score (nSPS) is 21.4. The van der Waals surface area contributed by atoms with Crippen LogP contribution in [0.3, 0.4) is 0 Å². The van der Waals surface area contributed by atoms with E-state index in [1.807, 2.05) is 4.90 Å². The molecule has 0 aromatic carbocycles. The Balaban J connectivity index is 1.72. The maximum Gasteiger partial charge on any atom is 0.317 e. The minimum atomic E-state index is 0.0450. The number of hydrogen-bond donors (Lipinski definition) is 2. The van der Waals surface area contributed by atoms with Gasteiger partial charge in [0.1, 0.15) is 0 Å². The Morgan fingerprint density at radius 3 is 2.52 bits per heavy atom. The SMILES string of the molecule is CC(=O)SCCN(CCC1CCCCC1)C(=O)NCCC1CCCCCN1. The summed E-state index contributed by atoms with van der Waals surface area (Å²) in [5.41, 5.74) is 0. The predicted octanol–water partition coefficient (Wildman–Crippen LogP) is 4.17. The van der Waals surface area contributed by atoms with Crippen LogP contribution < -0.4 is 10.6 Å². The second-order valence-corrected chi connectivity index (χ2v) is 9.41. The zero-order valence-electron chi connectivity index (χ0n) is 17.1. The van der Waals surface area contributed by atoms with Crippen LogP contribution in [-0.2, 0) is 4.79 Å². The Bertz CT molecular complexity index is 433. The Morgan fingerprint density at radius 2 is 1.74 bits per heavy atom. The molecule has 27 heavy (non-hydrogen) atoms. The zero-order valence-corrected chi connectivity index (χ0v) is 18.0. The molecule has 5 nitrogen and oxygen atoms in total. The lowest BCUT2D eigenvalue weighted by molar-refractivity contribution is -0.109. The van der Waals surface area contributed by atoms with Crippen LogP contribution in [0.15, 0.2) is 0 Å². The summed E-state index contributed by atoms with van der Waals surface area (Å²) >= 11 is 1.32. The third kappa shape index (κ3) is 9.84. The zero-order chi connectivity index (χ0) is 19.3. The Hall–Kier alpha value is -0.750. The number of urea groups is 1. The summed E-state index contributed by atoms with van der Waals surface area (Å²) in [6.45, 7) is 4.91. The van der Waals surface area contributed by atoms with E-state index in [-0.39, 0.29) is 11.1 Å². The van der Waals surface area contributed by atoms with Gasteiger partial charge in [-0.2, -0.15) is 0 Å². The smallest absolute Gasteiger partial charge is 0.317 e. The van der Waals surface area contributed by atoms with Crippen LogP contribution >= 0.6 is 11.8 Å². The fourth-order valence-corrected chi connectivity index (χ4v) is 4.84. The number of carbonyl (C=O) groups excluding carboxylic acids is 2. The number of thioether (sulfide) groups is 1. The maximum atomic E-state index is 12.7. The molecule has 1 aliphatic carbocycles. The number of nitrogens with zero attached hydrogens (tertiary/aromatic N) is 1. The van der Waals surface area contributed by atoms with Crippen molar-refractivity contribution in [3.8, 4) is 0 Å². The highest BCUT2D eigenvalue weighted by Crippen LogP contribution is 2.26. The molecule has 2 N–H and O–H groups in total. The predicted molar refractivity (Wildman–Crippen MR) is 114 cm³/mol. The second-order valence-electron chi connectivity index (χ2n) is 8.14. The van der Waals surface area contributed by atoms with Gasteiger partial charge in [-0.3, -0.25) is 4.79 Å². The third-order valence-corrected chi connectivity index (χ3v) is 6.71. The topological polar surface area (TPSA) is 61.4 Å². The van der Waals surface area contributed by atoms with Crippen molar-refractivity contribution in [3.05, 3.63) is 0 Å². The summed E-state index contributed by atoms with van der Waals surface area (Å²) in [5, 5.41) is 6.85. The van der Waals surface area contributed by atoms with Gasteiger partial charge >= 0.3 is 6.03 Å². The highest BCUT2D eigenvalue weighted by atomic mass is 32.2. The van der Waals surface area contributed by atoms with E-state index in [0.29, 0.717) is 18.3 Å². The van der Waals surface area contributed by atoms with Crippen LogP contribution in [0.2, 0.25) is 0 Å². The summed E-state index contributed by atoms with van der Waals surface area (Å²) in [5.74, 6) is 1.46. The lowest BCUT2D eigenvalue weighted by atomic mass is 9.87. The van der Waals surface area contributed by atoms with Crippen molar-refractivity contribution >= 4 is 22.9 Å². The lowest BCUT2D eigenvalue weighted by Gasteiger charge is -2.27. The molecule has 0 aromatic heterocycles. The summed E-state index contributed by atoms with van der Waals surface area (Å²) in [7, 11) is 0. The van der Waals surface area contributed by atoms with E-state index >= 15 is 0 Å². The minimum Gasteiger partial charge on any atom is -0.338 e. The van der Waals surface area contributed by atoms with E-state index in [2.05, 4.69) is 10.6 Å². The van der Waals surface area contributed by atoms with Gasteiger partial charge in [-0.05, 0) is 38.1 Å². The first-order valence-corrected chi connectivity index (χ1v) is 12.0. The molecule has 1 heterocycles. The van der Waals surface area contributed by atoms with Crippen LogP contribution in [-0.4, -0.2) is 54.0 Å². The molecule has 1 saturated heterocycles. The van der Waals surface area contributed by atoms with Gasteiger partial charge in [0.25, 0.3) is 0 Å². The number of hydrogen-bond acceptors (Lipinski definition) is 4. The molecule has 2 fully saturated rings. The van der Waals surface area contributed by atoms with Crippen molar-refractivity contribution in [1.29, 1.82) is 0 Å². The highest BCUT2D eigenvalue weighted by molar-refractivity contribution is 8.13. The first kappa shape index (κ1) is 22.5. The van der Waals surface area contributed by atoms with Crippen molar-refractivity contribution in [2.75, 3.05) is 31.9 Å². The molecule has 1 atom stereocenters. The maximum absolute atomic E-state index is 12.7. The summed E-state index contributed by atoms with van der Waals surface area (Å²) in [6.07, 6.45) is 13.9. The van der Waals surface area contributed by atoms with Gasteiger partial charge in [0, 0.05) is 38.4 Å². The monoisotopic (exact) mass is 397 g/mol. The molecule has 0 aromatic rings. The van der Waals surface area contributed by atoms with Crippen LogP contribution in [0.25, 0.3) is 0 Å². The average Bonchev–Trinajstić information content (AvgIpc) is 2.94. The van der Waals surface area contributed by atoms with Gasteiger partial charge < -0.3 is 15.5 Å². The van der Waals surface area contributed by atoms with Crippen molar-refractivity contribution in [2.24, 2.45) is 5.92 Å². The fraction of sp³-hybridized carbons (Fsp3) is 0.905. The van der Waals surface area contributed by atoms with Crippen molar-refractivity contribution < 1.29 is 9.59 Å². The van der Waals surface area contributed by atoms with E-state index in [0.717, 1.165) is 38.4 Å². The van der Waals surface area contributed by atoms with Crippen LogP contribution in [0.5, 0.6) is 0 Å². The van der Waals surface area contributed by atoms with Gasteiger partial charge in [0.2, 0.25) is 0 Å². The molecular weight excluding hydrogens is 358 g/mol. The Labute approximate surface area is 169 Å². The van der Waals surface area contributed by atoms with Crippen LogP contribution in [0.4, 0.5) is 4.79 Å². The molecule has 1 unspecified atom stereocenters. The van der Waals surface area contributed by atoms with Crippen molar-refractivity contribution in [1.82, 2.24) is 15.5 Å². The Kier molecular flexibility index (Phi) is 11.2. The van der Waals surface area contributed by atoms with Gasteiger partial charge in [-0.25, -0.2) is 4.79 Å². The molecule has 156 valence electrons. The van der Waals surface area contributed by atoms with Crippen molar-refractivity contribution in [3.63, 3.8) is 0 Å². The fourth-order valence-electron chi connectivity index (χ4n) is 4.24. The molecule has 2 amide bonds. The summed E-state index contributed by atoms with van der Waals surface area (Å²) in [4.78, 5) is 25.8. The molecular formula is C21H39N3O2S. The standard InChI is InChI=1S/C21H39N3O2S/c1-18(25)27-17-16-24(15-12-19-8-4-2-5-9-19)21(26)23-14-11-20-10-6-3-7-13-22-20/h19-20,22H,2-17H2,1H3,(H,23,26). The molecule has 2 aliphatic rings. The second kappa shape index (κ2) is 13.4. The molecule has 0 spiro atoms. The summed E-state index contributed by atoms with van der Waals surface area (Å²) in [6, 6.07) is 0.584. The van der Waals surface area contributed by atoms with Crippen molar-refractivity contribution in [2.45, 2.75) is 83.6 Å². The molecule has 6 heteroatoms. The largest absolute Gasteiger partial charge is 0.338 e. The first-order valence-electron chi connectivity index (χ1n) is 11.0. The van der Waals surface area contributed by atoms with Gasteiger partial charge in [0.15, 0.2) is 5.12 Å². The molecule has 1 saturated carbocycles. The van der Waals surface area contributed by atoms with Gasteiger partial charge in [0.05, 0.1) is 0 Å². The highest BCUT2D eigenvalue weighted by Gasteiger charge is 2.19. The number of amides is 2. The Morgan fingerprint density at radius 1 is 1.00 bits per heavy atom. The quantitative estimate of drug-likeness (QED) is 0.613. The molecule has 0 bridgehead atoms. The number of nitrogens with one attached hydrogen (secondary N) is 2. The van der Waals surface area contributed by atoms with Gasteiger partial charge in [-0.1, -0.05) is 56.7 Å². The summed E-state index contributed by atoms with van der Waals surface area (Å²) < 4.78 is 0. The van der Waals surface area contributed by atoms with E-state index in [1.54, 1.807) is 6.92 Å². The van der Waals surface area contributed by atoms with Crippen LogP contribution in [0.1, 0.15) is 77.6 Å². The van der Waals surface area contributed by atoms with E-state index in [9.17, 15) is 9.59 Å². The van der Waals surface area contributed by atoms with E-state index in [4.69, 9.17) is 0 Å². The molecule has 0 radical (unpaired) electrons. The average molecular weight is 398 g/mol. The molecule has 1 aliphatic heterocycles. The minimum absolute atomic E-state index is 0.0450.